The summed E-state index contributed by atoms with van der Waals surface area (Å²) < 4.78 is 15.0. The van der Waals surface area contributed by atoms with E-state index in [1.54, 1.807) is 12.1 Å². The lowest BCUT2D eigenvalue weighted by atomic mass is 10.2. The molecule has 1 aromatic heterocycles. The number of halogens is 1. The number of nitrogens with one attached hydrogen (secondary N) is 1. The highest BCUT2D eigenvalue weighted by Crippen LogP contribution is 2.22. The van der Waals surface area contributed by atoms with Crippen LogP contribution in [0.2, 0.25) is 5.02 Å². The molecule has 0 aliphatic heterocycles. The minimum Gasteiger partial charge on any atom is -0.496 e. The molecule has 0 radical (unpaired) electrons. The smallest absolute Gasteiger partial charge is 0.322 e. The molecule has 0 unspecified atom stereocenters. The van der Waals surface area contributed by atoms with Crippen molar-refractivity contribution in [3.05, 3.63) is 34.6 Å². The molecule has 0 fully saturated rings. The summed E-state index contributed by atoms with van der Waals surface area (Å²) in [5, 5.41) is 3.11. The lowest BCUT2D eigenvalue weighted by Gasteiger charge is -2.10. The van der Waals surface area contributed by atoms with Gasteiger partial charge in [-0.15, -0.1) is 4.98 Å². The number of ether oxygens (including phenoxy) is 3. The van der Waals surface area contributed by atoms with E-state index in [1.165, 1.54) is 27.4 Å². The molecule has 1 amide bonds. The zero-order valence-corrected chi connectivity index (χ0v) is 13.5. The van der Waals surface area contributed by atoms with Crippen LogP contribution >= 0.6 is 11.6 Å². The van der Waals surface area contributed by atoms with Gasteiger partial charge >= 0.3 is 12.0 Å². The van der Waals surface area contributed by atoms with E-state index in [9.17, 15) is 4.79 Å². The third kappa shape index (κ3) is 4.19. The fraction of sp³-hybridized carbons (Fsp3) is 0.286. The van der Waals surface area contributed by atoms with Crippen molar-refractivity contribution in [1.82, 2.24) is 20.3 Å². The standard InChI is InChI=1S/C14H15ClN4O4/c1-21-10-5-4-8(15)6-9(10)12(20)16-7-11-17-13(22-2)19-14(18-11)23-3/h4-6H,7H2,1-3H3,(H,16,20). The van der Waals surface area contributed by atoms with Crippen LogP contribution in [0, 0.1) is 0 Å². The quantitative estimate of drug-likeness (QED) is 0.852. The molecule has 0 spiro atoms. The average molecular weight is 339 g/mol. The first-order chi connectivity index (χ1) is 11.1. The van der Waals surface area contributed by atoms with Crippen molar-refractivity contribution in [3.8, 4) is 17.8 Å². The van der Waals surface area contributed by atoms with Gasteiger partial charge in [0, 0.05) is 5.02 Å². The maximum atomic E-state index is 12.3. The van der Waals surface area contributed by atoms with Crippen LogP contribution in [0.4, 0.5) is 0 Å². The van der Waals surface area contributed by atoms with E-state index >= 15 is 0 Å². The number of methoxy groups -OCH3 is 3. The molecule has 23 heavy (non-hydrogen) atoms. The lowest BCUT2D eigenvalue weighted by Crippen LogP contribution is -2.24. The van der Waals surface area contributed by atoms with Crippen LogP contribution in [-0.4, -0.2) is 42.2 Å². The monoisotopic (exact) mass is 338 g/mol. The van der Waals surface area contributed by atoms with E-state index in [0.29, 0.717) is 22.2 Å². The lowest BCUT2D eigenvalue weighted by molar-refractivity contribution is 0.0946. The van der Waals surface area contributed by atoms with Gasteiger partial charge in [-0.1, -0.05) is 11.6 Å². The van der Waals surface area contributed by atoms with Crippen LogP contribution in [0.3, 0.4) is 0 Å². The Morgan fingerprint density at radius 3 is 2.30 bits per heavy atom. The molecule has 0 aliphatic rings. The van der Waals surface area contributed by atoms with Gasteiger partial charge in [0.15, 0.2) is 5.82 Å². The van der Waals surface area contributed by atoms with Gasteiger partial charge in [-0.3, -0.25) is 4.79 Å². The van der Waals surface area contributed by atoms with Crippen LogP contribution in [0.1, 0.15) is 16.2 Å². The van der Waals surface area contributed by atoms with Gasteiger partial charge in [0.2, 0.25) is 0 Å². The van der Waals surface area contributed by atoms with Gasteiger partial charge in [0.25, 0.3) is 5.91 Å². The Labute approximate surface area is 137 Å². The summed E-state index contributed by atoms with van der Waals surface area (Å²) >= 11 is 5.91. The molecule has 1 aromatic carbocycles. The SMILES string of the molecule is COc1nc(CNC(=O)c2cc(Cl)ccc2OC)nc(OC)n1. The van der Waals surface area contributed by atoms with Crippen LogP contribution in [-0.2, 0) is 6.54 Å². The second-order valence-electron chi connectivity index (χ2n) is 4.25. The highest BCUT2D eigenvalue weighted by molar-refractivity contribution is 6.31. The van der Waals surface area contributed by atoms with Crippen LogP contribution in [0.15, 0.2) is 18.2 Å². The van der Waals surface area contributed by atoms with E-state index in [0.717, 1.165) is 0 Å². The van der Waals surface area contributed by atoms with Gasteiger partial charge in [-0.25, -0.2) is 0 Å². The Morgan fingerprint density at radius 2 is 1.74 bits per heavy atom. The molecule has 122 valence electrons. The summed E-state index contributed by atoms with van der Waals surface area (Å²) in [6.45, 7) is 0.0593. The molecule has 8 nitrogen and oxygen atoms in total. The van der Waals surface area contributed by atoms with Gasteiger partial charge in [0.05, 0.1) is 33.4 Å². The highest BCUT2D eigenvalue weighted by atomic mass is 35.5. The van der Waals surface area contributed by atoms with Crippen LogP contribution in [0.5, 0.6) is 17.8 Å². The Hall–Kier alpha value is -2.61. The van der Waals surface area contributed by atoms with E-state index in [1.807, 2.05) is 0 Å². The minimum absolute atomic E-state index is 0.0593. The predicted molar refractivity (Wildman–Crippen MR) is 82.1 cm³/mol. The minimum atomic E-state index is -0.373. The first-order valence-electron chi connectivity index (χ1n) is 6.52. The number of hydrogen-bond acceptors (Lipinski definition) is 7. The highest BCUT2D eigenvalue weighted by Gasteiger charge is 2.14. The van der Waals surface area contributed by atoms with Crippen molar-refractivity contribution in [2.45, 2.75) is 6.54 Å². The molecule has 9 heteroatoms. The van der Waals surface area contributed by atoms with Gasteiger partial charge < -0.3 is 19.5 Å². The van der Waals surface area contributed by atoms with Crippen molar-refractivity contribution in [2.24, 2.45) is 0 Å². The third-order valence-corrected chi connectivity index (χ3v) is 3.05. The van der Waals surface area contributed by atoms with E-state index in [-0.39, 0.29) is 24.5 Å². The van der Waals surface area contributed by atoms with Crippen molar-refractivity contribution < 1.29 is 19.0 Å². The summed E-state index contributed by atoms with van der Waals surface area (Å²) in [7, 11) is 4.32. The molecular formula is C14H15ClN4O4. The summed E-state index contributed by atoms with van der Waals surface area (Å²) in [5.41, 5.74) is 0.313. The number of carbonyl (C=O) groups excluding carboxylic acids is 1. The number of nitrogens with zero attached hydrogens (tertiary/aromatic N) is 3. The van der Waals surface area contributed by atoms with E-state index in [2.05, 4.69) is 20.3 Å². The number of amides is 1. The summed E-state index contributed by atoms with van der Waals surface area (Å²) in [5.74, 6) is 0.337. The largest absolute Gasteiger partial charge is 0.496 e. The van der Waals surface area contributed by atoms with E-state index < -0.39 is 0 Å². The van der Waals surface area contributed by atoms with Gasteiger partial charge in [-0.05, 0) is 18.2 Å². The molecule has 0 bridgehead atoms. The van der Waals surface area contributed by atoms with Crippen LogP contribution in [0.25, 0.3) is 0 Å². The molecule has 0 saturated heterocycles. The normalized spacial score (nSPS) is 10.1. The molecular weight excluding hydrogens is 324 g/mol. The van der Waals surface area contributed by atoms with Crippen molar-refractivity contribution in [1.29, 1.82) is 0 Å². The van der Waals surface area contributed by atoms with E-state index in [4.69, 9.17) is 25.8 Å². The van der Waals surface area contributed by atoms with Gasteiger partial charge in [0.1, 0.15) is 5.75 Å². The average Bonchev–Trinajstić information content (AvgIpc) is 2.59. The Bertz CT molecular complexity index is 689. The third-order valence-electron chi connectivity index (χ3n) is 2.82. The Kier molecular flexibility index (Phi) is 5.53. The molecule has 1 heterocycles. The summed E-state index contributed by atoms with van der Waals surface area (Å²) in [6, 6.07) is 4.97. The van der Waals surface area contributed by atoms with Crippen molar-refractivity contribution >= 4 is 17.5 Å². The molecule has 2 rings (SSSR count). The zero-order valence-electron chi connectivity index (χ0n) is 12.8. The topological polar surface area (TPSA) is 95.5 Å². The fourth-order valence-electron chi connectivity index (χ4n) is 1.75. The van der Waals surface area contributed by atoms with Gasteiger partial charge in [-0.2, -0.15) is 9.97 Å². The zero-order chi connectivity index (χ0) is 16.8. The first kappa shape index (κ1) is 16.8. The Morgan fingerprint density at radius 1 is 1.09 bits per heavy atom. The molecule has 2 aromatic rings. The maximum Gasteiger partial charge on any atom is 0.322 e. The molecule has 1 N–H and O–H groups in total. The summed E-state index contributed by atoms with van der Waals surface area (Å²) in [6.07, 6.45) is 0. The fourth-order valence-corrected chi connectivity index (χ4v) is 1.92. The second-order valence-corrected chi connectivity index (χ2v) is 4.69. The maximum absolute atomic E-state index is 12.3. The molecule has 0 aliphatic carbocycles. The predicted octanol–water partition coefficient (Wildman–Crippen LogP) is 1.48. The number of aromatic nitrogens is 3. The number of carbonyl (C=O) groups is 1. The number of hydrogen-bond donors (Lipinski definition) is 1. The second kappa shape index (κ2) is 7.59. The number of rotatable bonds is 6. The Balaban J connectivity index is 2.14. The van der Waals surface area contributed by atoms with Crippen molar-refractivity contribution in [3.63, 3.8) is 0 Å². The summed E-state index contributed by atoms with van der Waals surface area (Å²) in [4.78, 5) is 24.2. The molecule has 0 saturated carbocycles. The van der Waals surface area contributed by atoms with Crippen molar-refractivity contribution in [2.75, 3.05) is 21.3 Å². The first-order valence-corrected chi connectivity index (χ1v) is 6.89. The number of benzene rings is 1. The molecule has 0 atom stereocenters. The van der Waals surface area contributed by atoms with Crippen LogP contribution < -0.4 is 19.5 Å².